The van der Waals surface area contributed by atoms with E-state index < -0.39 is 0 Å². The van der Waals surface area contributed by atoms with Gasteiger partial charge in [-0.15, -0.1) is 0 Å². The van der Waals surface area contributed by atoms with E-state index in [2.05, 4.69) is 10.6 Å². The van der Waals surface area contributed by atoms with Crippen LogP contribution in [-0.4, -0.2) is 22.3 Å². The highest BCUT2D eigenvalue weighted by atomic mass is 16.5. The number of nitrogens with one attached hydrogen (secondary N) is 2. The monoisotopic (exact) mass is 690 g/mol. The minimum Gasteiger partial charge on any atom is -0.507 e. The minimum atomic E-state index is 0.218. The smallest absolute Gasteiger partial charge is 0.128 e. The Bertz CT molecular complexity index is 1900. The van der Waals surface area contributed by atoms with Crippen LogP contribution in [0.2, 0.25) is 0 Å². The van der Waals surface area contributed by atoms with E-state index in [1.807, 2.05) is 146 Å². The number of phenols is 2. The summed E-state index contributed by atoms with van der Waals surface area (Å²) in [6, 6.07) is 48.2. The fourth-order valence-electron chi connectivity index (χ4n) is 7.10. The molecule has 0 bridgehead atoms. The molecular weight excluding hydrogens is 645 g/mol. The van der Waals surface area contributed by atoms with Crippen molar-refractivity contribution in [1.29, 1.82) is 0 Å². The minimum absolute atomic E-state index is 0.218. The van der Waals surface area contributed by atoms with Gasteiger partial charge in [-0.3, -0.25) is 0 Å². The van der Waals surface area contributed by atoms with Crippen LogP contribution in [0.5, 0.6) is 23.0 Å². The number of rotatable bonds is 14. The highest BCUT2D eigenvalue weighted by Gasteiger charge is 2.25. The Labute approximate surface area is 306 Å². The lowest BCUT2D eigenvalue weighted by Gasteiger charge is -2.33. The SMILES string of the molecule is Oc1c(CNC2CCCC[C@@H]2NCc2cccc(-c3ccccc3OCc3ccccc3)c2O)cccc1-c1ccccc1OCc1ccccc1. The van der Waals surface area contributed by atoms with Gasteiger partial charge in [0.2, 0.25) is 0 Å². The summed E-state index contributed by atoms with van der Waals surface area (Å²) in [7, 11) is 0. The summed E-state index contributed by atoms with van der Waals surface area (Å²) in [5.74, 6) is 2.00. The zero-order chi connectivity index (χ0) is 35.5. The lowest BCUT2D eigenvalue weighted by molar-refractivity contribution is 0.279. The molecule has 264 valence electrons. The van der Waals surface area contributed by atoms with Gasteiger partial charge in [0, 0.05) is 58.6 Å². The van der Waals surface area contributed by atoms with Crippen molar-refractivity contribution in [1.82, 2.24) is 10.6 Å². The predicted octanol–water partition coefficient (Wildman–Crippen LogP) is 9.78. The lowest BCUT2D eigenvalue weighted by Crippen LogP contribution is -2.49. The van der Waals surface area contributed by atoms with E-state index >= 15 is 0 Å². The van der Waals surface area contributed by atoms with Crippen LogP contribution in [0, 0.1) is 0 Å². The second-order valence-electron chi connectivity index (χ2n) is 13.4. The molecule has 0 spiro atoms. The van der Waals surface area contributed by atoms with E-state index in [-0.39, 0.29) is 23.6 Å². The average Bonchev–Trinajstić information content (AvgIpc) is 3.20. The van der Waals surface area contributed by atoms with Gasteiger partial charge in [-0.2, -0.15) is 0 Å². The highest BCUT2D eigenvalue weighted by Crippen LogP contribution is 2.39. The van der Waals surface area contributed by atoms with Crippen molar-refractivity contribution < 1.29 is 19.7 Å². The molecule has 4 N–H and O–H groups in total. The highest BCUT2D eigenvalue weighted by molar-refractivity contribution is 5.77. The molecule has 0 amide bonds. The molecule has 52 heavy (non-hydrogen) atoms. The second-order valence-corrected chi connectivity index (χ2v) is 13.4. The van der Waals surface area contributed by atoms with Crippen molar-refractivity contribution >= 4 is 0 Å². The number of hydrogen-bond acceptors (Lipinski definition) is 6. The maximum Gasteiger partial charge on any atom is 0.128 e. The molecule has 7 rings (SSSR count). The molecule has 1 aliphatic carbocycles. The molecule has 0 heterocycles. The molecule has 1 aliphatic rings. The molecule has 2 atom stereocenters. The summed E-state index contributed by atoms with van der Waals surface area (Å²) >= 11 is 0. The van der Waals surface area contributed by atoms with E-state index in [0.717, 1.165) is 81.7 Å². The van der Waals surface area contributed by atoms with Gasteiger partial charge < -0.3 is 30.3 Å². The molecule has 6 heteroatoms. The molecule has 0 radical (unpaired) electrons. The Morgan fingerprint density at radius 2 is 0.827 bits per heavy atom. The summed E-state index contributed by atoms with van der Waals surface area (Å²) in [6.45, 7) is 1.98. The van der Waals surface area contributed by atoms with Crippen LogP contribution in [0.3, 0.4) is 0 Å². The van der Waals surface area contributed by atoms with E-state index in [1.165, 1.54) is 0 Å². The molecule has 0 saturated heterocycles. The van der Waals surface area contributed by atoms with Crippen molar-refractivity contribution in [2.24, 2.45) is 0 Å². The Morgan fingerprint density at radius 3 is 1.27 bits per heavy atom. The number of phenolic OH excluding ortho intramolecular Hbond substituents is 2. The first-order valence-corrected chi connectivity index (χ1v) is 18.2. The number of hydrogen-bond donors (Lipinski definition) is 4. The van der Waals surface area contributed by atoms with Crippen LogP contribution in [0.15, 0.2) is 146 Å². The van der Waals surface area contributed by atoms with E-state index in [9.17, 15) is 10.2 Å². The molecule has 1 unspecified atom stereocenters. The van der Waals surface area contributed by atoms with Crippen molar-refractivity contribution in [3.63, 3.8) is 0 Å². The van der Waals surface area contributed by atoms with Gasteiger partial charge in [0.25, 0.3) is 0 Å². The molecule has 6 aromatic carbocycles. The zero-order valence-corrected chi connectivity index (χ0v) is 29.4. The molecule has 6 aromatic rings. The fraction of sp³-hybridized carbons (Fsp3) is 0.217. The van der Waals surface area contributed by atoms with Crippen molar-refractivity contribution in [2.45, 2.75) is 64.1 Å². The zero-order valence-electron chi connectivity index (χ0n) is 29.4. The molecule has 1 saturated carbocycles. The normalized spacial score (nSPS) is 15.6. The number of ether oxygens (including phenoxy) is 2. The largest absolute Gasteiger partial charge is 0.507 e. The van der Waals surface area contributed by atoms with Crippen LogP contribution < -0.4 is 20.1 Å². The van der Waals surface area contributed by atoms with E-state index in [4.69, 9.17) is 9.47 Å². The quantitative estimate of drug-likeness (QED) is 0.0911. The Balaban J connectivity index is 1.01. The lowest BCUT2D eigenvalue weighted by atomic mass is 9.89. The Morgan fingerprint density at radius 1 is 0.442 bits per heavy atom. The van der Waals surface area contributed by atoms with Gasteiger partial charge in [0.15, 0.2) is 0 Å². The van der Waals surface area contributed by atoms with Crippen molar-refractivity contribution in [3.05, 3.63) is 168 Å². The summed E-state index contributed by atoms with van der Waals surface area (Å²) < 4.78 is 12.4. The van der Waals surface area contributed by atoms with Crippen LogP contribution in [0.4, 0.5) is 0 Å². The molecule has 0 aliphatic heterocycles. The number of aromatic hydroxyl groups is 2. The Hall–Kier alpha value is -5.56. The van der Waals surface area contributed by atoms with E-state index in [0.29, 0.717) is 26.3 Å². The average molecular weight is 691 g/mol. The summed E-state index contributed by atoms with van der Waals surface area (Å²) in [5.41, 5.74) is 7.11. The van der Waals surface area contributed by atoms with Crippen LogP contribution in [0.1, 0.15) is 47.9 Å². The first kappa shape index (κ1) is 34.9. The maximum atomic E-state index is 11.5. The third-order valence-electron chi connectivity index (χ3n) is 9.94. The van der Waals surface area contributed by atoms with Crippen molar-refractivity contribution in [3.8, 4) is 45.3 Å². The standard InChI is InChI=1S/C46H46N2O4/c49-45-35(19-13-23-39(45)37-21-7-11-27-43(37)51-31-33-15-3-1-4-16-33)29-47-41-25-9-10-26-42(41)48-30-36-20-14-24-40(46(36)50)38-22-8-12-28-44(38)52-32-34-17-5-2-6-18-34/h1-8,11-24,27-28,41-42,47-50H,9-10,25-26,29-32H2/t41-,42?/m0/s1. The van der Waals surface area contributed by atoms with Gasteiger partial charge in [0.1, 0.15) is 36.2 Å². The van der Waals surface area contributed by atoms with Gasteiger partial charge in [-0.1, -0.05) is 146 Å². The van der Waals surface area contributed by atoms with Crippen LogP contribution >= 0.6 is 0 Å². The molecule has 6 nitrogen and oxygen atoms in total. The first-order valence-electron chi connectivity index (χ1n) is 18.2. The molecule has 0 aromatic heterocycles. The fourth-order valence-corrected chi connectivity index (χ4v) is 7.10. The number of para-hydroxylation sites is 4. The second kappa shape index (κ2) is 17.1. The van der Waals surface area contributed by atoms with Crippen LogP contribution in [-0.2, 0) is 26.3 Å². The van der Waals surface area contributed by atoms with Gasteiger partial charge in [-0.05, 0) is 36.1 Å². The third-order valence-corrected chi connectivity index (χ3v) is 9.94. The topological polar surface area (TPSA) is 83.0 Å². The Kier molecular flexibility index (Phi) is 11.5. The maximum absolute atomic E-state index is 11.5. The van der Waals surface area contributed by atoms with Crippen molar-refractivity contribution in [2.75, 3.05) is 0 Å². The van der Waals surface area contributed by atoms with Gasteiger partial charge in [0.05, 0.1) is 0 Å². The predicted molar refractivity (Wildman–Crippen MR) is 208 cm³/mol. The summed E-state index contributed by atoms with van der Waals surface area (Å²) in [5, 5.41) is 30.5. The first-order chi connectivity index (χ1) is 25.6. The van der Waals surface area contributed by atoms with Gasteiger partial charge in [-0.25, -0.2) is 0 Å². The third kappa shape index (κ3) is 8.48. The molecular formula is C46H46N2O4. The summed E-state index contributed by atoms with van der Waals surface area (Å²) in [6.07, 6.45) is 4.36. The van der Waals surface area contributed by atoms with Crippen LogP contribution in [0.25, 0.3) is 22.3 Å². The number of benzene rings is 6. The molecule has 1 fully saturated rings. The van der Waals surface area contributed by atoms with Gasteiger partial charge >= 0.3 is 0 Å². The van der Waals surface area contributed by atoms with E-state index in [1.54, 1.807) is 0 Å². The summed E-state index contributed by atoms with van der Waals surface area (Å²) in [4.78, 5) is 0.